The summed E-state index contributed by atoms with van der Waals surface area (Å²) in [7, 11) is 0. The van der Waals surface area contributed by atoms with Crippen LogP contribution in [-0.2, 0) is 10.8 Å². The van der Waals surface area contributed by atoms with Crippen molar-refractivity contribution in [2.45, 2.75) is 38.5 Å². The molecule has 2 aromatic heterocycles. The van der Waals surface area contributed by atoms with Crippen LogP contribution in [0, 0.1) is 0 Å². The van der Waals surface area contributed by atoms with Crippen molar-refractivity contribution in [2.24, 2.45) is 0 Å². The summed E-state index contributed by atoms with van der Waals surface area (Å²) in [6.07, 6.45) is 0. The van der Waals surface area contributed by atoms with Gasteiger partial charge in [0.15, 0.2) is 5.58 Å². The van der Waals surface area contributed by atoms with Gasteiger partial charge in [-0.25, -0.2) is 4.98 Å². The number of furan rings is 1. The molecule has 10 aromatic rings. The van der Waals surface area contributed by atoms with Crippen LogP contribution >= 0.6 is 0 Å². The quantitative estimate of drug-likeness (QED) is 0.175. The highest BCUT2D eigenvalue weighted by Gasteiger charge is 2.37. The van der Waals surface area contributed by atoms with E-state index in [4.69, 9.17) is 13.8 Å². The van der Waals surface area contributed by atoms with Crippen molar-refractivity contribution < 1.29 is 8.83 Å². The third kappa shape index (κ3) is 4.93. The molecule has 282 valence electrons. The van der Waals surface area contributed by atoms with Gasteiger partial charge in [0, 0.05) is 55.9 Å². The number of para-hydroxylation sites is 1. The van der Waals surface area contributed by atoms with E-state index >= 15 is 0 Å². The SMILES string of the molecule is CC1(C)c2ccccc2-c2cc(N(c3ccc(-c4cccc5c4oc4cc6oc(-c7ccccc7)nc6cc45)cc3)c3ccc4c(c3)-c3ccccc3C4(C)C)ccc21. The van der Waals surface area contributed by atoms with Crippen LogP contribution in [0.5, 0.6) is 0 Å². The summed E-state index contributed by atoms with van der Waals surface area (Å²) in [6, 6.07) is 61.2. The largest absolute Gasteiger partial charge is 0.455 e. The lowest BCUT2D eigenvalue weighted by Gasteiger charge is -2.28. The Morgan fingerprint density at radius 1 is 0.407 bits per heavy atom. The lowest BCUT2D eigenvalue weighted by atomic mass is 9.82. The van der Waals surface area contributed by atoms with E-state index in [9.17, 15) is 0 Å². The summed E-state index contributed by atoms with van der Waals surface area (Å²) in [5.74, 6) is 0.606. The Morgan fingerprint density at radius 3 is 1.61 bits per heavy atom. The van der Waals surface area contributed by atoms with Gasteiger partial charge in [0.25, 0.3) is 0 Å². The molecule has 2 aliphatic rings. The van der Waals surface area contributed by atoms with Crippen LogP contribution in [-0.4, -0.2) is 4.98 Å². The second-order valence-electron chi connectivity index (χ2n) is 17.2. The Bertz CT molecular complexity index is 3220. The fraction of sp³-hybridized carbons (Fsp3) is 0.109. The number of rotatable bonds is 5. The molecule has 12 rings (SSSR count). The summed E-state index contributed by atoms with van der Waals surface area (Å²) in [5.41, 5.74) is 20.1. The van der Waals surface area contributed by atoms with Gasteiger partial charge in [0.05, 0.1) is 0 Å². The van der Waals surface area contributed by atoms with Gasteiger partial charge < -0.3 is 13.7 Å². The van der Waals surface area contributed by atoms with Gasteiger partial charge in [-0.05, 0) is 105 Å². The summed E-state index contributed by atoms with van der Waals surface area (Å²) in [6.45, 7) is 9.36. The minimum absolute atomic E-state index is 0.0666. The molecule has 2 aliphatic carbocycles. The average molecular weight is 761 g/mol. The maximum absolute atomic E-state index is 6.66. The maximum Gasteiger partial charge on any atom is 0.227 e. The second kappa shape index (κ2) is 12.2. The third-order valence-corrected chi connectivity index (χ3v) is 13.1. The molecule has 0 N–H and O–H groups in total. The zero-order valence-corrected chi connectivity index (χ0v) is 33.4. The highest BCUT2D eigenvalue weighted by atomic mass is 16.4. The molecule has 0 amide bonds. The Kier molecular flexibility index (Phi) is 7.00. The van der Waals surface area contributed by atoms with Crippen LogP contribution in [0.2, 0.25) is 0 Å². The van der Waals surface area contributed by atoms with E-state index < -0.39 is 0 Å². The van der Waals surface area contributed by atoms with E-state index in [2.05, 4.69) is 166 Å². The molecule has 0 fully saturated rings. The fourth-order valence-electron chi connectivity index (χ4n) is 10.1. The molecular weight excluding hydrogens is 721 g/mol. The first-order valence-electron chi connectivity index (χ1n) is 20.4. The molecule has 4 heteroatoms. The molecule has 0 saturated heterocycles. The molecule has 4 nitrogen and oxygen atoms in total. The predicted molar refractivity (Wildman–Crippen MR) is 242 cm³/mol. The number of aromatic nitrogens is 1. The predicted octanol–water partition coefficient (Wildman–Crippen LogP) is 15.1. The molecule has 0 atom stereocenters. The Morgan fingerprint density at radius 2 is 0.966 bits per heavy atom. The van der Waals surface area contributed by atoms with Crippen molar-refractivity contribution in [3.05, 3.63) is 192 Å². The van der Waals surface area contributed by atoms with Crippen molar-refractivity contribution in [2.75, 3.05) is 4.90 Å². The first-order valence-corrected chi connectivity index (χ1v) is 20.4. The zero-order valence-electron chi connectivity index (χ0n) is 33.4. The van der Waals surface area contributed by atoms with Crippen molar-refractivity contribution in [1.82, 2.24) is 4.98 Å². The standard InChI is InChI=1S/C55H40N2O2/c1-54(2)45-19-10-8-15-39(45)42-29-36(25-27-47(42)54)57(37-26-28-48-43(30-37)40-16-9-11-20-46(40)55(48,3)4)35-23-21-33(22-24-35)38-17-12-18-41-44-31-49-51(32-50(44)58-52(38)41)59-53(56-49)34-13-6-5-7-14-34/h5-32H,1-4H3. The van der Waals surface area contributed by atoms with Gasteiger partial charge in [0.1, 0.15) is 16.7 Å². The average Bonchev–Trinajstić information content (AvgIpc) is 3.98. The number of anilines is 3. The van der Waals surface area contributed by atoms with Gasteiger partial charge in [-0.15, -0.1) is 0 Å². The number of hydrogen-bond donors (Lipinski definition) is 0. The highest BCUT2D eigenvalue weighted by molar-refractivity contribution is 6.12. The summed E-state index contributed by atoms with van der Waals surface area (Å²) in [5, 5.41) is 2.07. The fourth-order valence-corrected chi connectivity index (χ4v) is 10.1. The highest BCUT2D eigenvalue weighted by Crippen LogP contribution is 2.53. The van der Waals surface area contributed by atoms with Crippen LogP contribution in [0.4, 0.5) is 17.1 Å². The van der Waals surface area contributed by atoms with E-state index in [0.29, 0.717) is 11.5 Å². The zero-order chi connectivity index (χ0) is 39.6. The van der Waals surface area contributed by atoms with E-state index in [1.54, 1.807) is 0 Å². The Balaban J connectivity index is 0.980. The molecule has 59 heavy (non-hydrogen) atoms. The normalized spacial score (nSPS) is 14.4. The van der Waals surface area contributed by atoms with Gasteiger partial charge >= 0.3 is 0 Å². The molecule has 0 radical (unpaired) electrons. The third-order valence-electron chi connectivity index (χ3n) is 13.1. The van der Waals surface area contributed by atoms with Crippen molar-refractivity contribution in [1.29, 1.82) is 0 Å². The van der Waals surface area contributed by atoms with Crippen LogP contribution in [0.3, 0.4) is 0 Å². The van der Waals surface area contributed by atoms with Crippen molar-refractivity contribution in [3.63, 3.8) is 0 Å². The molecule has 0 saturated carbocycles. The molecular formula is C55H40N2O2. The molecule has 8 aromatic carbocycles. The molecule has 0 aliphatic heterocycles. The first kappa shape index (κ1) is 33.9. The number of oxazole rings is 1. The number of nitrogens with zero attached hydrogens (tertiary/aromatic N) is 2. The lowest BCUT2D eigenvalue weighted by Crippen LogP contribution is -2.16. The topological polar surface area (TPSA) is 42.4 Å². The van der Waals surface area contributed by atoms with E-state index in [1.807, 2.05) is 36.4 Å². The van der Waals surface area contributed by atoms with Crippen molar-refractivity contribution in [3.8, 4) is 44.8 Å². The van der Waals surface area contributed by atoms with Gasteiger partial charge in [0.2, 0.25) is 5.89 Å². The molecule has 0 unspecified atom stereocenters. The lowest BCUT2D eigenvalue weighted by molar-refractivity contribution is 0.617. The van der Waals surface area contributed by atoms with E-state index in [-0.39, 0.29) is 10.8 Å². The first-order chi connectivity index (χ1) is 28.7. The number of fused-ring (bicyclic) bond motifs is 10. The summed E-state index contributed by atoms with van der Waals surface area (Å²) in [4.78, 5) is 7.25. The number of hydrogen-bond acceptors (Lipinski definition) is 4. The van der Waals surface area contributed by atoms with Crippen molar-refractivity contribution >= 4 is 50.1 Å². The smallest absolute Gasteiger partial charge is 0.227 e. The molecule has 2 heterocycles. The maximum atomic E-state index is 6.66. The van der Waals surface area contributed by atoms with E-state index in [0.717, 1.165) is 61.2 Å². The van der Waals surface area contributed by atoms with Crippen LogP contribution in [0.1, 0.15) is 49.9 Å². The number of benzene rings is 8. The van der Waals surface area contributed by atoms with Crippen LogP contribution < -0.4 is 4.90 Å². The monoisotopic (exact) mass is 760 g/mol. The molecule has 0 spiro atoms. The van der Waals surface area contributed by atoms with Gasteiger partial charge in [-0.2, -0.15) is 0 Å². The molecule has 0 bridgehead atoms. The summed E-state index contributed by atoms with van der Waals surface area (Å²) < 4.78 is 12.9. The van der Waals surface area contributed by atoms with Gasteiger partial charge in [-0.1, -0.05) is 137 Å². The van der Waals surface area contributed by atoms with Crippen LogP contribution in [0.25, 0.3) is 77.9 Å². The van der Waals surface area contributed by atoms with E-state index in [1.165, 1.54) is 44.5 Å². The van der Waals surface area contributed by atoms with Crippen LogP contribution in [0.15, 0.2) is 179 Å². The minimum atomic E-state index is -0.0666. The Labute approximate surface area is 343 Å². The summed E-state index contributed by atoms with van der Waals surface area (Å²) >= 11 is 0. The minimum Gasteiger partial charge on any atom is -0.455 e. The second-order valence-corrected chi connectivity index (χ2v) is 17.2. The Hall–Kier alpha value is -7.17. The van der Waals surface area contributed by atoms with Gasteiger partial charge in [-0.3, -0.25) is 0 Å².